The SMILES string of the molecule is CCCN(CCC)C(=O)CS(=O)Cc1ccc(C(=O)O)o1. The van der Waals surface area contributed by atoms with E-state index in [9.17, 15) is 13.8 Å². The highest BCUT2D eigenvalue weighted by molar-refractivity contribution is 7.84. The van der Waals surface area contributed by atoms with E-state index in [0.717, 1.165) is 12.8 Å². The Hall–Kier alpha value is -1.63. The summed E-state index contributed by atoms with van der Waals surface area (Å²) < 4.78 is 17.0. The van der Waals surface area contributed by atoms with Gasteiger partial charge in [-0.1, -0.05) is 13.8 Å². The molecule has 0 aliphatic carbocycles. The van der Waals surface area contributed by atoms with Crippen LogP contribution in [0.4, 0.5) is 0 Å². The lowest BCUT2D eigenvalue weighted by Gasteiger charge is -2.21. The molecule has 0 aliphatic heterocycles. The zero-order chi connectivity index (χ0) is 15.8. The Balaban J connectivity index is 2.54. The van der Waals surface area contributed by atoms with Crippen LogP contribution in [0.5, 0.6) is 0 Å². The van der Waals surface area contributed by atoms with Crippen molar-refractivity contribution >= 4 is 22.7 Å². The van der Waals surface area contributed by atoms with Crippen LogP contribution in [-0.4, -0.2) is 44.9 Å². The van der Waals surface area contributed by atoms with Crippen molar-refractivity contribution in [2.75, 3.05) is 18.8 Å². The van der Waals surface area contributed by atoms with Crippen molar-refractivity contribution in [2.24, 2.45) is 0 Å². The molecule has 0 radical (unpaired) electrons. The third kappa shape index (κ3) is 5.71. The maximum absolute atomic E-state index is 12.0. The average Bonchev–Trinajstić information content (AvgIpc) is 2.86. The fraction of sp³-hybridized carbons (Fsp3) is 0.571. The number of carboxylic acid groups (broad SMARTS) is 1. The van der Waals surface area contributed by atoms with Crippen LogP contribution < -0.4 is 0 Å². The Kier molecular flexibility index (Phi) is 7.14. The fourth-order valence-corrected chi connectivity index (χ4v) is 2.94. The molecular formula is C14H21NO5S. The van der Waals surface area contributed by atoms with Crippen molar-refractivity contribution in [2.45, 2.75) is 32.4 Å². The molecule has 0 aromatic carbocycles. The molecule has 0 spiro atoms. The van der Waals surface area contributed by atoms with Gasteiger partial charge in [0.05, 0.1) is 5.75 Å². The second-order valence-electron chi connectivity index (χ2n) is 4.68. The predicted molar refractivity (Wildman–Crippen MR) is 79.5 cm³/mol. The van der Waals surface area contributed by atoms with Crippen LogP contribution in [0.15, 0.2) is 16.5 Å². The largest absolute Gasteiger partial charge is 0.475 e. The van der Waals surface area contributed by atoms with E-state index in [4.69, 9.17) is 9.52 Å². The highest BCUT2D eigenvalue weighted by atomic mass is 32.2. The molecule has 1 N–H and O–H groups in total. The van der Waals surface area contributed by atoms with E-state index in [-0.39, 0.29) is 23.2 Å². The molecule has 21 heavy (non-hydrogen) atoms. The minimum Gasteiger partial charge on any atom is -0.475 e. The van der Waals surface area contributed by atoms with Crippen molar-refractivity contribution in [3.05, 3.63) is 23.7 Å². The van der Waals surface area contributed by atoms with E-state index >= 15 is 0 Å². The van der Waals surface area contributed by atoms with Crippen LogP contribution in [-0.2, 0) is 21.3 Å². The highest BCUT2D eigenvalue weighted by Gasteiger charge is 2.17. The van der Waals surface area contributed by atoms with Crippen LogP contribution in [0.2, 0.25) is 0 Å². The summed E-state index contributed by atoms with van der Waals surface area (Å²) in [5.74, 6) is -1.20. The lowest BCUT2D eigenvalue weighted by molar-refractivity contribution is -0.128. The number of hydrogen-bond acceptors (Lipinski definition) is 4. The first-order valence-corrected chi connectivity index (χ1v) is 8.41. The Morgan fingerprint density at radius 1 is 1.24 bits per heavy atom. The number of amides is 1. The van der Waals surface area contributed by atoms with Crippen molar-refractivity contribution in [1.82, 2.24) is 4.90 Å². The molecule has 1 aromatic rings. The Labute approximate surface area is 126 Å². The highest BCUT2D eigenvalue weighted by Crippen LogP contribution is 2.10. The molecule has 1 unspecified atom stereocenters. The van der Waals surface area contributed by atoms with Crippen molar-refractivity contribution < 1.29 is 23.3 Å². The predicted octanol–water partition coefficient (Wildman–Crippen LogP) is 1.88. The third-order valence-electron chi connectivity index (χ3n) is 2.80. The number of hydrogen-bond donors (Lipinski definition) is 1. The van der Waals surface area contributed by atoms with Crippen LogP contribution in [0.1, 0.15) is 43.0 Å². The standard InChI is InChI=1S/C14H21NO5S/c1-3-7-15(8-4-2)13(16)10-21(19)9-11-5-6-12(20-11)14(17)18/h5-6H,3-4,7-10H2,1-2H3,(H,17,18). The maximum atomic E-state index is 12.0. The number of nitrogens with zero attached hydrogens (tertiary/aromatic N) is 1. The second-order valence-corrected chi connectivity index (χ2v) is 6.14. The van der Waals surface area contributed by atoms with Gasteiger partial charge in [0, 0.05) is 23.9 Å². The maximum Gasteiger partial charge on any atom is 0.371 e. The molecule has 1 heterocycles. The average molecular weight is 315 g/mol. The first-order chi connectivity index (χ1) is 9.97. The van der Waals surface area contributed by atoms with Gasteiger partial charge >= 0.3 is 5.97 Å². The quantitative estimate of drug-likeness (QED) is 0.751. The van der Waals surface area contributed by atoms with Crippen molar-refractivity contribution in [3.8, 4) is 0 Å². The zero-order valence-corrected chi connectivity index (χ0v) is 13.1. The Bertz CT molecular complexity index is 505. The Morgan fingerprint density at radius 3 is 2.33 bits per heavy atom. The first-order valence-electron chi connectivity index (χ1n) is 6.92. The topological polar surface area (TPSA) is 87.8 Å². The molecule has 1 amide bonds. The number of carbonyl (C=O) groups excluding carboxylic acids is 1. The number of rotatable bonds is 9. The van der Waals surface area contributed by atoms with Gasteiger partial charge in [0.25, 0.3) is 0 Å². The molecule has 0 saturated heterocycles. The molecular weight excluding hydrogens is 294 g/mol. The van der Waals surface area contributed by atoms with Gasteiger partial charge in [-0.25, -0.2) is 4.79 Å². The number of aromatic carboxylic acids is 1. The second kappa shape index (κ2) is 8.61. The molecule has 7 heteroatoms. The van der Waals surface area contributed by atoms with Crippen LogP contribution in [0, 0.1) is 0 Å². The molecule has 0 aliphatic rings. The van der Waals surface area contributed by atoms with Gasteiger partial charge in [0.15, 0.2) is 0 Å². The van der Waals surface area contributed by atoms with Gasteiger partial charge in [-0.3, -0.25) is 9.00 Å². The van der Waals surface area contributed by atoms with Gasteiger partial charge in [0.2, 0.25) is 11.7 Å². The third-order valence-corrected chi connectivity index (χ3v) is 3.98. The Morgan fingerprint density at radius 2 is 1.86 bits per heavy atom. The molecule has 1 aromatic heterocycles. The molecule has 1 atom stereocenters. The summed E-state index contributed by atoms with van der Waals surface area (Å²) in [7, 11) is -1.41. The summed E-state index contributed by atoms with van der Waals surface area (Å²) in [6, 6.07) is 2.79. The lowest BCUT2D eigenvalue weighted by Crippen LogP contribution is -2.35. The van der Waals surface area contributed by atoms with Crippen LogP contribution >= 0.6 is 0 Å². The van der Waals surface area contributed by atoms with E-state index < -0.39 is 16.8 Å². The van der Waals surface area contributed by atoms with Gasteiger partial charge in [-0.05, 0) is 25.0 Å². The van der Waals surface area contributed by atoms with Crippen LogP contribution in [0.25, 0.3) is 0 Å². The summed E-state index contributed by atoms with van der Waals surface area (Å²) >= 11 is 0. The molecule has 0 bridgehead atoms. The summed E-state index contributed by atoms with van der Waals surface area (Å²) in [5, 5.41) is 8.74. The molecule has 118 valence electrons. The van der Waals surface area contributed by atoms with Gasteiger partial charge < -0.3 is 14.4 Å². The summed E-state index contributed by atoms with van der Waals surface area (Å²) in [4.78, 5) is 24.4. The van der Waals surface area contributed by atoms with Crippen molar-refractivity contribution in [3.63, 3.8) is 0 Å². The van der Waals surface area contributed by atoms with E-state index in [1.165, 1.54) is 12.1 Å². The molecule has 6 nitrogen and oxygen atoms in total. The van der Waals surface area contributed by atoms with Gasteiger partial charge in [0.1, 0.15) is 11.5 Å². The lowest BCUT2D eigenvalue weighted by atomic mass is 10.3. The minimum atomic E-state index is -1.41. The van der Waals surface area contributed by atoms with Crippen molar-refractivity contribution in [1.29, 1.82) is 0 Å². The van der Waals surface area contributed by atoms with Gasteiger partial charge in [-0.2, -0.15) is 0 Å². The summed E-state index contributed by atoms with van der Waals surface area (Å²) in [6.07, 6.45) is 1.72. The summed E-state index contributed by atoms with van der Waals surface area (Å²) in [5.41, 5.74) is 0. The fourth-order valence-electron chi connectivity index (χ4n) is 1.91. The monoisotopic (exact) mass is 315 g/mol. The van der Waals surface area contributed by atoms with E-state index in [0.29, 0.717) is 18.8 Å². The summed E-state index contributed by atoms with van der Waals surface area (Å²) in [6.45, 7) is 5.30. The molecule has 0 fully saturated rings. The normalized spacial score (nSPS) is 12.1. The first kappa shape index (κ1) is 17.4. The smallest absolute Gasteiger partial charge is 0.371 e. The molecule has 0 saturated carbocycles. The zero-order valence-electron chi connectivity index (χ0n) is 12.3. The van der Waals surface area contributed by atoms with E-state index in [1.807, 2.05) is 13.8 Å². The number of furan rings is 1. The minimum absolute atomic E-state index is 0.0467. The van der Waals surface area contributed by atoms with Gasteiger partial charge in [-0.15, -0.1) is 0 Å². The number of carboxylic acids is 1. The molecule has 1 rings (SSSR count). The van der Waals surface area contributed by atoms with Crippen LogP contribution in [0.3, 0.4) is 0 Å². The van der Waals surface area contributed by atoms with E-state index in [1.54, 1.807) is 4.90 Å². The van der Waals surface area contributed by atoms with E-state index in [2.05, 4.69) is 0 Å². The number of carbonyl (C=O) groups is 2.